The lowest BCUT2D eigenvalue weighted by Crippen LogP contribution is -2.03. The molecule has 4 heteroatoms. The molecule has 0 spiro atoms. The third-order valence-corrected chi connectivity index (χ3v) is 0.888. The largest absolute Gasteiger partial charge is 0.466 e. The maximum absolute atomic E-state index is 10.5. The predicted octanol–water partition coefficient (Wildman–Crippen LogP) is 0.807. The molecular weight excluding hydrogens is 142 g/mol. The van der Waals surface area contributed by atoms with E-state index >= 15 is 0 Å². The zero-order valence-corrected chi connectivity index (χ0v) is 6.03. The molecule has 0 bridgehead atoms. The lowest BCUT2D eigenvalue weighted by Gasteiger charge is -1.95. The Balaban J connectivity index is 3.86. The van der Waals surface area contributed by atoms with Gasteiger partial charge in [-0.15, -0.1) is 0 Å². The summed E-state index contributed by atoms with van der Waals surface area (Å²) in [5.74, 6) is -0.386. The summed E-state index contributed by atoms with van der Waals surface area (Å²) in [5, 5.41) is 0. The van der Waals surface area contributed by atoms with Crippen LogP contribution in [0, 0.1) is 0 Å². The molecule has 0 aromatic heterocycles. The average molecular weight is 150 g/mol. The highest BCUT2D eigenvalue weighted by molar-refractivity contribution is 6.14. The van der Waals surface area contributed by atoms with Crippen molar-refractivity contribution in [3.8, 4) is 0 Å². The summed E-state index contributed by atoms with van der Waals surface area (Å²) in [7, 11) is 1.31. The number of rotatable bonds is 2. The van der Waals surface area contributed by atoms with Crippen molar-refractivity contribution < 1.29 is 9.53 Å². The van der Waals surface area contributed by atoms with Crippen molar-refractivity contribution in [3.63, 3.8) is 0 Å². The molecule has 0 aliphatic rings. The molecule has 0 saturated carbocycles. The second-order valence-electron chi connectivity index (χ2n) is 1.43. The second kappa shape index (κ2) is 4.21. The van der Waals surface area contributed by atoms with Gasteiger partial charge in [-0.05, 0) is 6.92 Å². The molecule has 3 nitrogen and oxygen atoms in total. The van der Waals surface area contributed by atoms with Gasteiger partial charge < -0.3 is 9.57 Å². The van der Waals surface area contributed by atoms with Crippen LogP contribution in [0.25, 0.3) is 0 Å². The van der Waals surface area contributed by atoms with Crippen LogP contribution in [0.5, 0.6) is 0 Å². The Kier molecular flexibility index (Phi) is 3.88. The number of halogens is 1. The summed E-state index contributed by atoms with van der Waals surface area (Å²) in [6, 6.07) is 0. The van der Waals surface area contributed by atoms with E-state index in [4.69, 9.17) is 11.8 Å². The van der Waals surface area contributed by atoms with Crippen molar-refractivity contribution in [1.82, 2.24) is 4.84 Å². The van der Waals surface area contributed by atoms with Gasteiger partial charge in [-0.3, -0.25) is 0 Å². The van der Waals surface area contributed by atoms with Gasteiger partial charge in [-0.1, -0.05) is 0 Å². The molecule has 52 valence electrons. The summed E-state index contributed by atoms with van der Waals surface area (Å²) >= 11 is 5.06. The molecule has 0 fully saturated rings. The molecule has 1 N–H and O–H groups in total. The third kappa shape index (κ3) is 2.98. The fourth-order valence-corrected chi connectivity index (χ4v) is 0.465. The fourth-order valence-electron chi connectivity index (χ4n) is 0.302. The number of carbonyl (C=O) groups is 1. The number of hydrogen-bond acceptors (Lipinski definition) is 3. The van der Waals surface area contributed by atoms with E-state index in [1.165, 1.54) is 13.3 Å². The highest BCUT2D eigenvalue weighted by atomic mass is 35.5. The minimum absolute atomic E-state index is 0.386. The monoisotopic (exact) mass is 149 g/mol. The number of methoxy groups -OCH3 is 1. The molecule has 0 saturated heterocycles. The van der Waals surface area contributed by atoms with Gasteiger partial charge in [0, 0.05) is 18.0 Å². The number of esters is 1. The molecule has 0 aromatic rings. The Morgan fingerprint density at radius 1 is 1.78 bits per heavy atom. The first-order valence-corrected chi connectivity index (χ1v) is 2.71. The Labute approximate surface area is 58.7 Å². The highest BCUT2D eigenvalue weighted by Gasteiger charge is 1.99. The second-order valence-corrected chi connectivity index (χ2v) is 1.65. The van der Waals surface area contributed by atoms with Gasteiger partial charge >= 0.3 is 5.97 Å². The average Bonchev–Trinajstić information content (AvgIpc) is 1.87. The zero-order valence-electron chi connectivity index (χ0n) is 5.27. The van der Waals surface area contributed by atoms with Crippen LogP contribution in [0.4, 0.5) is 0 Å². The number of carbonyl (C=O) groups excluding carboxylic acids is 1. The zero-order chi connectivity index (χ0) is 7.28. The normalized spacial score (nSPS) is 10.8. The van der Waals surface area contributed by atoms with Crippen molar-refractivity contribution in [1.29, 1.82) is 0 Å². The van der Waals surface area contributed by atoms with Crippen molar-refractivity contribution in [2.75, 3.05) is 7.11 Å². The minimum atomic E-state index is -0.386. The molecule has 0 aromatic carbocycles. The summed E-state index contributed by atoms with van der Waals surface area (Å²) < 4.78 is 4.36. The van der Waals surface area contributed by atoms with Gasteiger partial charge in [-0.2, -0.15) is 0 Å². The van der Waals surface area contributed by atoms with E-state index < -0.39 is 0 Å². The van der Waals surface area contributed by atoms with Crippen LogP contribution in [-0.2, 0) is 9.53 Å². The van der Waals surface area contributed by atoms with Gasteiger partial charge in [0.25, 0.3) is 0 Å². The molecule has 0 aliphatic heterocycles. The lowest BCUT2D eigenvalue weighted by molar-refractivity contribution is -0.136. The van der Waals surface area contributed by atoms with Crippen molar-refractivity contribution in [3.05, 3.63) is 11.8 Å². The van der Waals surface area contributed by atoms with Crippen LogP contribution in [-0.4, -0.2) is 13.1 Å². The van der Waals surface area contributed by atoms with Crippen LogP contribution in [0.3, 0.4) is 0 Å². The Hall–Kier alpha value is -0.700. The van der Waals surface area contributed by atoms with Crippen LogP contribution >= 0.6 is 11.8 Å². The summed E-state index contributed by atoms with van der Waals surface area (Å²) in [4.78, 5) is 12.7. The molecule has 0 heterocycles. The summed E-state index contributed by atoms with van der Waals surface area (Å²) in [6.07, 6.45) is 1.35. The van der Waals surface area contributed by atoms with Gasteiger partial charge in [0.2, 0.25) is 0 Å². The standard InChI is InChI=1S/C5H8ClNO2/c1-4(3-7-6)5(8)9-2/h3,7H,1-2H3. The van der Waals surface area contributed by atoms with Crippen molar-refractivity contribution in [2.24, 2.45) is 0 Å². The Morgan fingerprint density at radius 2 is 2.33 bits per heavy atom. The molecule has 9 heavy (non-hydrogen) atoms. The van der Waals surface area contributed by atoms with Crippen LogP contribution in [0.15, 0.2) is 11.8 Å². The van der Waals surface area contributed by atoms with E-state index in [1.807, 2.05) is 0 Å². The molecule has 0 unspecified atom stereocenters. The van der Waals surface area contributed by atoms with Crippen LogP contribution < -0.4 is 4.84 Å². The van der Waals surface area contributed by atoms with Gasteiger partial charge in [0.05, 0.1) is 12.7 Å². The Bertz CT molecular complexity index is 133. The van der Waals surface area contributed by atoms with E-state index in [1.54, 1.807) is 6.92 Å². The first-order valence-electron chi connectivity index (χ1n) is 2.33. The van der Waals surface area contributed by atoms with E-state index in [0.717, 1.165) is 0 Å². The van der Waals surface area contributed by atoms with Crippen molar-refractivity contribution in [2.45, 2.75) is 6.92 Å². The van der Waals surface area contributed by atoms with E-state index in [-0.39, 0.29) is 5.97 Å². The van der Waals surface area contributed by atoms with Gasteiger partial charge in [-0.25, -0.2) is 4.79 Å². The minimum Gasteiger partial charge on any atom is -0.466 e. The molecule has 0 amide bonds. The van der Waals surface area contributed by atoms with E-state index in [9.17, 15) is 4.79 Å². The van der Waals surface area contributed by atoms with Crippen LogP contribution in [0.1, 0.15) is 6.92 Å². The number of ether oxygens (including phenoxy) is 1. The third-order valence-electron chi connectivity index (χ3n) is 0.778. The first kappa shape index (κ1) is 8.30. The number of hydrogen-bond donors (Lipinski definition) is 1. The summed E-state index contributed by atoms with van der Waals surface area (Å²) in [5.41, 5.74) is 0.438. The van der Waals surface area contributed by atoms with Gasteiger partial charge in [0.1, 0.15) is 0 Å². The fraction of sp³-hybridized carbons (Fsp3) is 0.400. The quantitative estimate of drug-likeness (QED) is 0.359. The SMILES string of the molecule is COC(=O)C(C)=CNCl. The maximum Gasteiger partial charge on any atom is 0.334 e. The predicted molar refractivity (Wildman–Crippen MR) is 34.8 cm³/mol. The van der Waals surface area contributed by atoms with Gasteiger partial charge in [0.15, 0.2) is 0 Å². The summed E-state index contributed by atoms with van der Waals surface area (Å²) in [6.45, 7) is 1.60. The molecular formula is C5H8ClNO2. The van der Waals surface area contributed by atoms with Crippen molar-refractivity contribution >= 4 is 17.7 Å². The first-order chi connectivity index (χ1) is 4.22. The Morgan fingerprint density at radius 3 is 2.67 bits per heavy atom. The molecule has 0 rings (SSSR count). The maximum atomic E-state index is 10.5. The molecule has 0 atom stereocenters. The van der Waals surface area contributed by atoms with E-state index in [0.29, 0.717) is 5.57 Å². The molecule has 0 aliphatic carbocycles. The van der Waals surface area contributed by atoms with Crippen LogP contribution in [0.2, 0.25) is 0 Å². The smallest absolute Gasteiger partial charge is 0.334 e. The number of nitrogens with one attached hydrogen (secondary N) is 1. The highest BCUT2D eigenvalue weighted by Crippen LogP contribution is 1.92. The molecule has 0 radical (unpaired) electrons. The topological polar surface area (TPSA) is 38.3 Å². The lowest BCUT2D eigenvalue weighted by atomic mass is 10.3. The van der Waals surface area contributed by atoms with E-state index in [2.05, 4.69) is 9.57 Å².